The molecule has 1 aromatic carbocycles. The molecule has 2 fully saturated rings. The third-order valence-electron chi connectivity index (χ3n) is 4.60. The molecule has 4 nitrogen and oxygen atoms in total. The van der Waals surface area contributed by atoms with Crippen molar-refractivity contribution in [2.45, 2.75) is 38.6 Å². The highest BCUT2D eigenvalue weighted by atomic mass is 35.5. The maximum Gasteiger partial charge on any atom is 0.227 e. The molecule has 2 N–H and O–H groups in total. The van der Waals surface area contributed by atoms with E-state index in [9.17, 15) is 4.79 Å². The monoisotopic (exact) mass is 323 g/mol. The SMILES string of the molecule is C[C@H]1C[C@@H](C(=O)Nc2ccccc2N2CCCC2)CCN1.Cl. The van der Waals surface area contributed by atoms with Crippen LogP contribution in [-0.2, 0) is 4.79 Å². The zero-order chi connectivity index (χ0) is 14.7. The van der Waals surface area contributed by atoms with Gasteiger partial charge >= 0.3 is 0 Å². The van der Waals surface area contributed by atoms with Crippen LogP contribution >= 0.6 is 12.4 Å². The van der Waals surface area contributed by atoms with Gasteiger partial charge < -0.3 is 15.5 Å². The lowest BCUT2D eigenvalue weighted by molar-refractivity contribution is -0.120. The molecule has 0 unspecified atom stereocenters. The van der Waals surface area contributed by atoms with Gasteiger partial charge in [-0.3, -0.25) is 4.79 Å². The van der Waals surface area contributed by atoms with E-state index in [1.807, 2.05) is 12.1 Å². The highest BCUT2D eigenvalue weighted by Gasteiger charge is 2.25. The van der Waals surface area contributed by atoms with E-state index in [0.717, 1.165) is 38.2 Å². The Morgan fingerprint density at radius 3 is 2.73 bits per heavy atom. The lowest BCUT2D eigenvalue weighted by Gasteiger charge is -2.28. The lowest BCUT2D eigenvalue weighted by atomic mass is 9.92. The average molecular weight is 324 g/mol. The van der Waals surface area contributed by atoms with Gasteiger partial charge in [-0.15, -0.1) is 12.4 Å². The van der Waals surface area contributed by atoms with E-state index in [-0.39, 0.29) is 24.2 Å². The topological polar surface area (TPSA) is 44.4 Å². The predicted molar refractivity (Wildman–Crippen MR) is 94.0 cm³/mol. The number of para-hydroxylation sites is 2. The molecular formula is C17H26ClN3O. The molecule has 122 valence electrons. The Hall–Kier alpha value is -1.26. The van der Waals surface area contributed by atoms with Crippen molar-refractivity contribution in [3.63, 3.8) is 0 Å². The fourth-order valence-electron chi connectivity index (χ4n) is 3.42. The highest BCUT2D eigenvalue weighted by Crippen LogP contribution is 2.29. The second-order valence-corrected chi connectivity index (χ2v) is 6.28. The summed E-state index contributed by atoms with van der Waals surface area (Å²) in [5.41, 5.74) is 2.14. The van der Waals surface area contributed by atoms with Crippen molar-refractivity contribution in [1.29, 1.82) is 0 Å². The van der Waals surface area contributed by atoms with Gasteiger partial charge in [0, 0.05) is 25.0 Å². The van der Waals surface area contributed by atoms with E-state index in [1.54, 1.807) is 0 Å². The summed E-state index contributed by atoms with van der Waals surface area (Å²) >= 11 is 0. The molecule has 0 bridgehead atoms. The number of rotatable bonds is 3. The smallest absolute Gasteiger partial charge is 0.227 e. The molecule has 0 aromatic heterocycles. The second kappa shape index (κ2) is 7.84. The summed E-state index contributed by atoms with van der Waals surface area (Å²) in [6.07, 6.45) is 4.35. The van der Waals surface area contributed by atoms with Crippen LogP contribution in [0.4, 0.5) is 11.4 Å². The third kappa shape index (κ3) is 3.93. The van der Waals surface area contributed by atoms with Crippen molar-refractivity contribution >= 4 is 29.7 Å². The molecule has 1 amide bonds. The Bertz CT molecular complexity index is 502. The number of piperidine rings is 1. The summed E-state index contributed by atoms with van der Waals surface area (Å²) in [5.74, 6) is 0.308. The number of hydrogen-bond donors (Lipinski definition) is 2. The van der Waals surface area contributed by atoms with E-state index < -0.39 is 0 Å². The van der Waals surface area contributed by atoms with Gasteiger partial charge in [0.2, 0.25) is 5.91 Å². The number of anilines is 2. The van der Waals surface area contributed by atoms with Crippen LogP contribution in [0.25, 0.3) is 0 Å². The minimum Gasteiger partial charge on any atom is -0.370 e. The van der Waals surface area contributed by atoms with Gasteiger partial charge in [-0.1, -0.05) is 12.1 Å². The molecule has 5 heteroatoms. The highest BCUT2D eigenvalue weighted by molar-refractivity contribution is 5.96. The standard InChI is InChI=1S/C17H25N3O.ClH/c1-13-12-14(8-9-18-13)17(21)19-15-6-2-3-7-16(15)20-10-4-5-11-20;/h2-3,6-7,13-14,18H,4-5,8-12H2,1H3,(H,19,21);1H/t13-,14-;/m0./s1. The minimum atomic E-state index is 0. The van der Waals surface area contributed by atoms with Gasteiger partial charge in [0.15, 0.2) is 0 Å². The zero-order valence-electron chi connectivity index (χ0n) is 13.2. The molecule has 0 spiro atoms. The number of carbonyl (C=O) groups is 1. The van der Waals surface area contributed by atoms with Gasteiger partial charge in [-0.05, 0) is 51.3 Å². The minimum absolute atomic E-state index is 0. The van der Waals surface area contributed by atoms with Gasteiger partial charge in [0.05, 0.1) is 11.4 Å². The first-order chi connectivity index (χ1) is 10.2. The Morgan fingerprint density at radius 2 is 2.00 bits per heavy atom. The Balaban J connectivity index is 0.00000176. The first-order valence-electron chi connectivity index (χ1n) is 8.12. The van der Waals surface area contributed by atoms with Gasteiger partial charge in [-0.25, -0.2) is 0 Å². The summed E-state index contributed by atoms with van der Waals surface area (Å²) in [6, 6.07) is 8.63. The lowest BCUT2D eigenvalue weighted by Crippen LogP contribution is -2.40. The average Bonchev–Trinajstić information content (AvgIpc) is 3.02. The number of halogens is 1. The summed E-state index contributed by atoms with van der Waals surface area (Å²) < 4.78 is 0. The quantitative estimate of drug-likeness (QED) is 0.898. The van der Waals surface area contributed by atoms with Crippen LogP contribution in [0.1, 0.15) is 32.6 Å². The van der Waals surface area contributed by atoms with Crippen LogP contribution in [0.15, 0.2) is 24.3 Å². The second-order valence-electron chi connectivity index (χ2n) is 6.28. The van der Waals surface area contributed by atoms with Crippen molar-refractivity contribution in [1.82, 2.24) is 5.32 Å². The van der Waals surface area contributed by atoms with Crippen molar-refractivity contribution in [2.24, 2.45) is 5.92 Å². The van der Waals surface area contributed by atoms with Gasteiger partial charge in [0.1, 0.15) is 0 Å². The maximum atomic E-state index is 12.5. The number of amides is 1. The predicted octanol–water partition coefficient (Wildman–Crippen LogP) is 3.04. The van der Waals surface area contributed by atoms with Crippen molar-refractivity contribution in [3.05, 3.63) is 24.3 Å². The Kier molecular flexibility index (Phi) is 6.09. The number of hydrogen-bond acceptors (Lipinski definition) is 3. The molecule has 1 aromatic rings. The fourth-order valence-corrected chi connectivity index (χ4v) is 3.42. The maximum absolute atomic E-state index is 12.5. The van der Waals surface area contributed by atoms with Crippen LogP contribution < -0.4 is 15.5 Å². The van der Waals surface area contributed by atoms with Gasteiger partial charge in [0.25, 0.3) is 0 Å². The summed E-state index contributed by atoms with van der Waals surface area (Å²) in [4.78, 5) is 14.9. The Morgan fingerprint density at radius 1 is 1.27 bits per heavy atom. The normalized spacial score (nSPS) is 24.7. The van der Waals surface area contributed by atoms with Crippen LogP contribution in [0.5, 0.6) is 0 Å². The summed E-state index contributed by atoms with van der Waals surface area (Å²) in [6.45, 7) is 5.28. The molecule has 0 aliphatic carbocycles. The summed E-state index contributed by atoms with van der Waals surface area (Å²) in [5, 5.41) is 6.57. The molecule has 2 aliphatic heterocycles. The third-order valence-corrected chi connectivity index (χ3v) is 4.60. The van der Waals surface area contributed by atoms with E-state index in [2.05, 4.69) is 34.6 Å². The molecule has 2 heterocycles. The molecular weight excluding hydrogens is 298 g/mol. The fraction of sp³-hybridized carbons (Fsp3) is 0.588. The molecule has 22 heavy (non-hydrogen) atoms. The molecule has 0 radical (unpaired) electrons. The summed E-state index contributed by atoms with van der Waals surface area (Å²) in [7, 11) is 0. The van der Waals surface area contributed by atoms with Crippen LogP contribution in [0.2, 0.25) is 0 Å². The first kappa shape index (κ1) is 17.1. The number of benzene rings is 1. The van der Waals surface area contributed by atoms with Crippen molar-refractivity contribution in [3.8, 4) is 0 Å². The molecule has 2 aliphatic rings. The molecule has 2 atom stereocenters. The van der Waals surface area contributed by atoms with E-state index >= 15 is 0 Å². The van der Waals surface area contributed by atoms with Gasteiger partial charge in [-0.2, -0.15) is 0 Å². The van der Waals surface area contributed by atoms with Crippen molar-refractivity contribution in [2.75, 3.05) is 29.9 Å². The first-order valence-corrected chi connectivity index (χ1v) is 8.12. The molecule has 3 rings (SSSR count). The largest absolute Gasteiger partial charge is 0.370 e. The number of carbonyl (C=O) groups excluding carboxylic acids is 1. The van der Waals surface area contributed by atoms with Crippen LogP contribution in [0, 0.1) is 5.92 Å². The molecule has 0 saturated carbocycles. The zero-order valence-corrected chi connectivity index (χ0v) is 14.0. The number of nitrogens with one attached hydrogen (secondary N) is 2. The molecule has 2 saturated heterocycles. The van der Waals surface area contributed by atoms with E-state index in [4.69, 9.17) is 0 Å². The Labute approximate surface area is 139 Å². The number of nitrogens with zero attached hydrogens (tertiary/aromatic N) is 1. The van der Waals surface area contributed by atoms with Crippen LogP contribution in [-0.4, -0.2) is 31.6 Å². The van der Waals surface area contributed by atoms with Crippen molar-refractivity contribution < 1.29 is 4.79 Å². The van der Waals surface area contributed by atoms with E-state index in [1.165, 1.54) is 18.5 Å². The van der Waals surface area contributed by atoms with E-state index in [0.29, 0.717) is 6.04 Å². The van der Waals surface area contributed by atoms with Crippen LogP contribution in [0.3, 0.4) is 0 Å².